The van der Waals surface area contributed by atoms with Crippen LogP contribution in [0.3, 0.4) is 0 Å². The summed E-state index contributed by atoms with van der Waals surface area (Å²) in [4.78, 5) is 0. The first-order chi connectivity index (χ1) is 10.2. The van der Waals surface area contributed by atoms with E-state index in [2.05, 4.69) is 31.4 Å². The number of aryl methyl sites for hydroxylation is 1. The Morgan fingerprint density at radius 1 is 1.10 bits per heavy atom. The van der Waals surface area contributed by atoms with E-state index in [9.17, 15) is 0 Å². The highest BCUT2D eigenvalue weighted by molar-refractivity contribution is 9.10. The van der Waals surface area contributed by atoms with Crippen molar-refractivity contribution < 1.29 is 4.42 Å². The average Bonchev–Trinajstić information content (AvgIpc) is 2.95. The summed E-state index contributed by atoms with van der Waals surface area (Å²) in [6.45, 7) is 2.52. The summed E-state index contributed by atoms with van der Waals surface area (Å²) in [5, 5.41) is 11.4. The predicted octanol–water partition coefficient (Wildman–Crippen LogP) is 4.42. The molecule has 0 unspecified atom stereocenters. The molecule has 0 atom stereocenters. The molecule has 0 radical (unpaired) electrons. The Morgan fingerprint density at radius 3 is 2.76 bits per heavy atom. The molecule has 0 saturated carbocycles. The highest BCUT2D eigenvalue weighted by atomic mass is 79.9. The van der Waals surface area contributed by atoms with Gasteiger partial charge in [-0.1, -0.05) is 29.8 Å². The summed E-state index contributed by atoms with van der Waals surface area (Å²) in [7, 11) is 0. The second-order valence-electron chi connectivity index (χ2n) is 4.70. The van der Waals surface area contributed by atoms with Gasteiger partial charge < -0.3 is 9.73 Å². The molecule has 0 aliphatic carbocycles. The molecule has 0 amide bonds. The molecule has 1 heterocycles. The number of rotatable bonds is 4. The Kier molecular flexibility index (Phi) is 4.01. The minimum Gasteiger partial charge on any atom is -0.419 e. The van der Waals surface area contributed by atoms with Crippen molar-refractivity contribution in [3.05, 3.63) is 64.5 Å². The molecular weight excluding hydrogens is 330 g/mol. The van der Waals surface area contributed by atoms with Gasteiger partial charge in [-0.25, -0.2) is 0 Å². The Labute approximate surface area is 131 Å². The Bertz CT molecular complexity index is 755. The van der Waals surface area contributed by atoms with Crippen LogP contribution in [0, 0.1) is 6.92 Å². The fourth-order valence-corrected chi connectivity index (χ4v) is 2.42. The van der Waals surface area contributed by atoms with Crippen LogP contribution in [0.15, 0.2) is 57.4 Å². The molecule has 106 valence electrons. The number of nitrogens with zero attached hydrogens (tertiary/aromatic N) is 2. The number of aromatic nitrogens is 2. The lowest BCUT2D eigenvalue weighted by molar-refractivity contribution is 0.515. The quantitative estimate of drug-likeness (QED) is 0.761. The molecule has 5 heteroatoms. The summed E-state index contributed by atoms with van der Waals surface area (Å²) >= 11 is 3.49. The fourth-order valence-electron chi connectivity index (χ4n) is 2.00. The van der Waals surface area contributed by atoms with Crippen molar-refractivity contribution in [3.8, 4) is 11.5 Å². The molecule has 0 saturated heterocycles. The number of benzene rings is 2. The molecule has 1 aromatic heterocycles. The minimum atomic E-state index is 0.488. The van der Waals surface area contributed by atoms with Crippen LogP contribution >= 0.6 is 15.9 Å². The number of halogens is 1. The third kappa shape index (κ3) is 3.31. The van der Waals surface area contributed by atoms with E-state index < -0.39 is 0 Å². The molecule has 0 aliphatic rings. The molecular formula is C16H14BrN3O. The summed E-state index contributed by atoms with van der Waals surface area (Å²) in [5.74, 6) is 1.10. The van der Waals surface area contributed by atoms with Gasteiger partial charge in [0.25, 0.3) is 0 Å². The van der Waals surface area contributed by atoms with Gasteiger partial charge in [-0.2, -0.15) is 0 Å². The smallest absolute Gasteiger partial charge is 0.247 e. The number of anilines is 1. The van der Waals surface area contributed by atoms with E-state index >= 15 is 0 Å². The van der Waals surface area contributed by atoms with Gasteiger partial charge in [0.05, 0.1) is 6.54 Å². The SMILES string of the molecule is Cc1cccc(-c2nnc(CNc3ccccc3Br)o2)c1. The lowest BCUT2D eigenvalue weighted by Crippen LogP contribution is -2.00. The van der Waals surface area contributed by atoms with Crippen molar-refractivity contribution in [1.82, 2.24) is 10.2 Å². The zero-order chi connectivity index (χ0) is 14.7. The van der Waals surface area contributed by atoms with Crippen LogP contribution in [-0.2, 0) is 6.54 Å². The summed E-state index contributed by atoms with van der Waals surface area (Å²) in [6, 6.07) is 15.9. The molecule has 1 N–H and O–H groups in total. The van der Waals surface area contributed by atoms with Crippen molar-refractivity contribution in [2.24, 2.45) is 0 Å². The standard InChI is InChI=1S/C16H14BrN3O/c1-11-5-4-6-12(9-11)16-20-19-15(21-16)10-18-14-8-3-2-7-13(14)17/h2-9,18H,10H2,1H3. The lowest BCUT2D eigenvalue weighted by atomic mass is 10.1. The normalized spacial score (nSPS) is 10.6. The first kappa shape index (κ1) is 13.8. The number of para-hydroxylation sites is 1. The van der Waals surface area contributed by atoms with Crippen molar-refractivity contribution in [3.63, 3.8) is 0 Å². The van der Waals surface area contributed by atoms with Crippen LogP contribution in [0.5, 0.6) is 0 Å². The highest BCUT2D eigenvalue weighted by Gasteiger charge is 2.08. The van der Waals surface area contributed by atoms with Crippen LogP contribution in [0.25, 0.3) is 11.5 Å². The van der Waals surface area contributed by atoms with Crippen molar-refractivity contribution in [2.75, 3.05) is 5.32 Å². The van der Waals surface area contributed by atoms with Gasteiger partial charge in [-0.05, 0) is 47.1 Å². The van der Waals surface area contributed by atoms with Gasteiger partial charge in [0, 0.05) is 15.7 Å². The van der Waals surface area contributed by atoms with Crippen LogP contribution in [0.2, 0.25) is 0 Å². The molecule has 0 fully saturated rings. The molecule has 4 nitrogen and oxygen atoms in total. The monoisotopic (exact) mass is 343 g/mol. The Balaban J connectivity index is 1.72. The van der Waals surface area contributed by atoms with Crippen molar-refractivity contribution in [2.45, 2.75) is 13.5 Å². The lowest BCUT2D eigenvalue weighted by Gasteiger charge is -2.05. The highest BCUT2D eigenvalue weighted by Crippen LogP contribution is 2.23. The zero-order valence-corrected chi connectivity index (χ0v) is 13.1. The van der Waals surface area contributed by atoms with E-state index in [4.69, 9.17) is 4.42 Å². The Morgan fingerprint density at radius 2 is 1.95 bits per heavy atom. The van der Waals surface area contributed by atoms with Crippen LogP contribution in [0.4, 0.5) is 5.69 Å². The molecule has 0 aliphatic heterocycles. The van der Waals surface area contributed by atoms with Gasteiger partial charge in [0.2, 0.25) is 11.8 Å². The van der Waals surface area contributed by atoms with E-state index in [1.54, 1.807) is 0 Å². The van der Waals surface area contributed by atoms with Crippen molar-refractivity contribution in [1.29, 1.82) is 0 Å². The molecule has 0 bridgehead atoms. The maximum atomic E-state index is 5.69. The third-order valence-corrected chi connectivity index (χ3v) is 3.73. The van der Waals surface area contributed by atoms with Gasteiger partial charge >= 0.3 is 0 Å². The number of hydrogen-bond donors (Lipinski definition) is 1. The topological polar surface area (TPSA) is 51.0 Å². The summed E-state index contributed by atoms with van der Waals surface area (Å²) in [6.07, 6.45) is 0. The van der Waals surface area contributed by atoms with Gasteiger partial charge in [0.1, 0.15) is 0 Å². The van der Waals surface area contributed by atoms with Crippen LogP contribution in [-0.4, -0.2) is 10.2 Å². The summed E-state index contributed by atoms with van der Waals surface area (Å²) < 4.78 is 6.69. The second-order valence-corrected chi connectivity index (χ2v) is 5.56. The largest absolute Gasteiger partial charge is 0.419 e. The number of nitrogens with one attached hydrogen (secondary N) is 1. The van der Waals surface area contributed by atoms with E-state index in [-0.39, 0.29) is 0 Å². The first-order valence-corrected chi connectivity index (χ1v) is 7.39. The summed E-state index contributed by atoms with van der Waals surface area (Å²) in [5.41, 5.74) is 3.10. The van der Waals surface area contributed by atoms with Crippen LogP contribution < -0.4 is 5.32 Å². The number of hydrogen-bond acceptors (Lipinski definition) is 4. The first-order valence-electron chi connectivity index (χ1n) is 6.60. The maximum absolute atomic E-state index is 5.69. The average molecular weight is 344 g/mol. The minimum absolute atomic E-state index is 0.488. The van der Waals surface area contributed by atoms with E-state index in [1.807, 2.05) is 55.5 Å². The molecule has 3 rings (SSSR count). The fraction of sp³-hybridized carbons (Fsp3) is 0.125. The van der Waals surface area contributed by atoms with Crippen LogP contribution in [0.1, 0.15) is 11.5 Å². The van der Waals surface area contributed by atoms with E-state index in [1.165, 1.54) is 5.56 Å². The van der Waals surface area contributed by atoms with Crippen molar-refractivity contribution >= 4 is 21.6 Å². The molecule has 0 spiro atoms. The Hall–Kier alpha value is -2.14. The second kappa shape index (κ2) is 6.10. The molecule has 3 aromatic rings. The van der Waals surface area contributed by atoms with Gasteiger partial charge in [0.15, 0.2) is 0 Å². The molecule has 21 heavy (non-hydrogen) atoms. The molecule has 2 aromatic carbocycles. The van der Waals surface area contributed by atoms with Gasteiger partial charge in [-0.15, -0.1) is 10.2 Å². The van der Waals surface area contributed by atoms with Gasteiger partial charge in [-0.3, -0.25) is 0 Å². The van der Waals surface area contributed by atoms with E-state index in [0.29, 0.717) is 18.3 Å². The third-order valence-electron chi connectivity index (χ3n) is 3.04. The predicted molar refractivity (Wildman–Crippen MR) is 85.9 cm³/mol. The van der Waals surface area contributed by atoms with E-state index in [0.717, 1.165) is 15.7 Å². The maximum Gasteiger partial charge on any atom is 0.247 e. The zero-order valence-electron chi connectivity index (χ0n) is 11.5.